The molecule has 5 heteroatoms. The number of hydrogen-bond acceptors (Lipinski definition) is 3. The maximum absolute atomic E-state index is 12.4. The SMILES string of the molecule is Cc1cccc(C(=O)NC2(C(N)=S)CCCCCC2)n1. The molecule has 0 aromatic carbocycles. The molecule has 1 aromatic heterocycles. The Morgan fingerprint density at radius 3 is 2.50 bits per heavy atom. The quantitative estimate of drug-likeness (QED) is 0.663. The summed E-state index contributed by atoms with van der Waals surface area (Å²) in [4.78, 5) is 17.0. The zero-order valence-corrected chi connectivity index (χ0v) is 12.6. The van der Waals surface area contributed by atoms with Gasteiger partial charge in [-0.3, -0.25) is 4.79 Å². The van der Waals surface area contributed by atoms with E-state index in [-0.39, 0.29) is 5.91 Å². The molecule has 20 heavy (non-hydrogen) atoms. The van der Waals surface area contributed by atoms with E-state index in [2.05, 4.69) is 10.3 Å². The highest BCUT2D eigenvalue weighted by atomic mass is 32.1. The minimum Gasteiger partial charge on any atom is -0.391 e. The topological polar surface area (TPSA) is 68.0 Å². The minimum absolute atomic E-state index is 0.191. The highest BCUT2D eigenvalue weighted by Crippen LogP contribution is 2.28. The predicted octanol–water partition coefficient (Wildman–Crippen LogP) is 2.50. The Kier molecular flexibility index (Phi) is 4.70. The van der Waals surface area contributed by atoms with Gasteiger partial charge in [-0.25, -0.2) is 4.98 Å². The van der Waals surface area contributed by atoms with Gasteiger partial charge in [-0.05, 0) is 31.9 Å². The molecule has 1 amide bonds. The first-order valence-corrected chi connectivity index (χ1v) is 7.50. The van der Waals surface area contributed by atoms with Crippen molar-refractivity contribution < 1.29 is 4.79 Å². The van der Waals surface area contributed by atoms with Crippen LogP contribution in [0.5, 0.6) is 0 Å². The van der Waals surface area contributed by atoms with E-state index in [1.54, 1.807) is 6.07 Å². The van der Waals surface area contributed by atoms with Crippen molar-refractivity contribution in [1.82, 2.24) is 10.3 Å². The van der Waals surface area contributed by atoms with Crippen molar-refractivity contribution in [2.24, 2.45) is 5.73 Å². The van der Waals surface area contributed by atoms with Crippen LogP contribution in [0.4, 0.5) is 0 Å². The van der Waals surface area contributed by atoms with Gasteiger partial charge in [0.25, 0.3) is 5.91 Å². The van der Waals surface area contributed by atoms with Crippen LogP contribution in [0.15, 0.2) is 18.2 Å². The van der Waals surface area contributed by atoms with Gasteiger partial charge in [-0.2, -0.15) is 0 Å². The summed E-state index contributed by atoms with van der Waals surface area (Å²) >= 11 is 5.22. The normalized spacial score (nSPS) is 18.1. The highest BCUT2D eigenvalue weighted by molar-refractivity contribution is 7.80. The Morgan fingerprint density at radius 1 is 1.30 bits per heavy atom. The molecule has 0 aliphatic heterocycles. The average Bonchev–Trinajstić information content (AvgIpc) is 2.65. The Balaban J connectivity index is 2.19. The third-order valence-corrected chi connectivity index (χ3v) is 4.29. The molecule has 3 N–H and O–H groups in total. The molecule has 1 aromatic rings. The van der Waals surface area contributed by atoms with Crippen molar-refractivity contribution in [1.29, 1.82) is 0 Å². The van der Waals surface area contributed by atoms with Gasteiger partial charge in [0, 0.05) is 5.69 Å². The largest absolute Gasteiger partial charge is 0.391 e. The summed E-state index contributed by atoms with van der Waals surface area (Å²) < 4.78 is 0. The van der Waals surface area contributed by atoms with Crippen LogP contribution in [-0.2, 0) is 0 Å². The monoisotopic (exact) mass is 291 g/mol. The molecule has 0 unspecified atom stereocenters. The summed E-state index contributed by atoms with van der Waals surface area (Å²) in [5, 5.41) is 3.05. The molecule has 1 fully saturated rings. The fourth-order valence-corrected chi connectivity index (χ4v) is 2.97. The zero-order chi connectivity index (χ0) is 14.6. The van der Waals surface area contributed by atoms with E-state index in [1.165, 1.54) is 12.8 Å². The summed E-state index contributed by atoms with van der Waals surface area (Å²) in [7, 11) is 0. The number of carbonyl (C=O) groups is 1. The van der Waals surface area contributed by atoms with E-state index in [0.717, 1.165) is 31.4 Å². The lowest BCUT2D eigenvalue weighted by Crippen LogP contribution is -2.56. The van der Waals surface area contributed by atoms with Crippen LogP contribution in [0.25, 0.3) is 0 Å². The van der Waals surface area contributed by atoms with E-state index >= 15 is 0 Å². The smallest absolute Gasteiger partial charge is 0.270 e. The van der Waals surface area contributed by atoms with Crippen LogP contribution in [-0.4, -0.2) is 21.4 Å². The van der Waals surface area contributed by atoms with E-state index < -0.39 is 5.54 Å². The Hall–Kier alpha value is -1.49. The number of thiocarbonyl (C=S) groups is 1. The van der Waals surface area contributed by atoms with Crippen LogP contribution < -0.4 is 11.1 Å². The summed E-state index contributed by atoms with van der Waals surface area (Å²) in [6.07, 6.45) is 6.06. The van der Waals surface area contributed by atoms with Gasteiger partial charge in [0.1, 0.15) is 5.69 Å². The Bertz CT molecular complexity index is 508. The van der Waals surface area contributed by atoms with E-state index in [1.807, 2.05) is 19.1 Å². The molecule has 0 saturated heterocycles. The van der Waals surface area contributed by atoms with E-state index in [4.69, 9.17) is 18.0 Å². The van der Waals surface area contributed by atoms with E-state index in [0.29, 0.717) is 10.7 Å². The number of rotatable bonds is 3. The van der Waals surface area contributed by atoms with Crippen molar-refractivity contribution in [2.45, 2.75) is 51.0 Å². The summed E-state index contributed by atoms with van der Waals surface area (Å²) in [6.45, 7) is 1.87. The number of aromatic nitrogens is 1. The number of nitrogens with two attached hydrogens (primary N) is 1. The Labute approximate surface area is 125 Å². The molecule has 0 radical (unpaired) electrons. The third kappa shape index (κ3) is 3.33. The van der Waals surface area contributed by atoms with Crippen molar-refractivity contribution in [3.8, 4) is 0 Å². The number of amides is 1. The standard InChI is InChI=1S/C15H21N3OS/c1-11-7-6-8-12(17-11)13(19)18-15(14(16)20)9-4-2-3-5-10-15/h6-8H,2-5,9-10H2,1H3,(H2,16,20)(H,18,19). The molecule has 0 atom stereocenters. The van der Waals surface area contributed by atoms with Crippen LogP contribution in [0.1, 0.15) is 54.7 Å². The van der Waals surface area contributed by atoms with Crippen molar-refractivity contribution in [3.63, 3.8) is 0 Å². The molecular formula is C15H21N3OS. The molecular weight excluding hydrogens is 270 g/mol. The summed E-state index contributed by atoms with van der Waals surface area (Å²) in [5.41, 5.74) is 6.62. The molecule has 1 heterocycles. The molecule has 0 bridgehead atoms. The van der Waals surface area contributed by atoms with Crippen molar-refractivity contribution in [3.05, 3.63) is 29.6 Å². The second kappa shape index (κ2) is 6.31. The average molecular weight is 291 g/mol. The maximum atomic E-state index is 12.4. The Morgan fingerprint density at radius 2 is 1.95 bits per heavy atom. The van der Waals surface area contributed by atoms with Gasteiger partial charge in [-0.15, -0.1) is 0 Å². The van der Waals surface area contributed by atoms with Crippen molar-refractivity contribution in [2.75, 3.05) is 0 Å². The second-order valence-corrected chi connectivity index (χ2v) is 5.92. The summed E-state index contributed by atoms with van der Waals surface area (Å²) in [5.74, 6) is -0.191. The third-order valence-electron chi connectivity index (χ3n) is 3.90. The molecule has 2 rings (SSSR count). The number of pyridine rings is 1. The zero-order valence-electron chi connectivity index (χ0n) is 11.8. The number of nitrogens with zero attached hydrogens (tertiary/aromatic N) is 1. The lowest BCUT2D eigenvalue weighted by Gasteiger charge is -2.32. The van der Waals surface area contributed by atoms with Gasteiger partial charge >= 0.3 is 0 Å². The number of aryl methyl sites for hydroxylation is 1. The van der Waals surface area contributed by atoms with Crippen LogP contribution >= 0.6 is 12.2 Å². The van der Waals surface area contributed by atoms with Gasteiger partial charge in [0.05, 0.1) is 10.5 Å². The lowest BCUT2D eigenvalue weighted by atomic mass is 9.90. The van der Waals surface area contributed by atoms with Gasteiger partial charge < -0.3 is 11.1 Å². The fraction of sp³-hybridized carbons (Fsp3) is 0.533. The minimum atomic E-state index is -0.547. The molecule has 1 aliphatic carbocycles. The fourth-order valence-electron chi connectivity index (χ4n) is 2.72. The van der Waals surface area contributed by atoms with E-state index in [9.17, 15) is 4.79 Å². The van der Waals surface area contributed by atoms with Gasteiger partial charge in [0.15, 0.2) is 0 Å². The number of carbonyl (C=O) groups excluding carboxylic acids is 1. The second-order valence-electron chi connectivity index (χ2n) is 5.48. The highest BCUT2D eigenvalue weighted by Gasteiger charge is 2.35. The first-order chi connectivity index (χ1) is 9.53. The van der Waals surface area contributed by atoms with Gasteiger partial charge in [0.2, 0.25) is 0 Å². The molecule has 4 nitrogen and oxygen atoms in total. The lowest BCUT2D eigenvalue weighted by molar-refractivity contribution is 0.0912. The van der Waals surface area contributed by atoms with Gasteiger partial charge in [-0.1, -0.05) is 44.0 Å². The first-order valence-electron chi connectivity index (χ1n) is 7.10. The molecule has 0 spiro atoms. The van der Waals surface area contributed by atoms with Crippen LogP contribution in [0.2, 0.25) is 0 Å². The predicted molar refractivity (Wildman–Crippen MR) is 83.7 cm³/mol. The number of hydrogen-bond donors (Lipinski definition) is 2. The molecule has 1 saturated carbocycles. The molecule has 1 aliphatic rings. The summed E-state index contributed by atoms with van der Waals surface area (Å²) in [6, 6.07) is 5.41. The van der Waals surface area contributed by atoms with Crippen LogP contribution in [0, 0.1) is 6.92 Å². The van der Waals surface area contributed by atoms with Crippen LogP contribution in [0.3, 0.4) is 0 Å². The van der Waals surface area contributed by atoms with Crippen molar-refractivity contribution >= 4 is 23.1 Å². The molecule has 108 valence electrons. The first kappa shape index (κ1) is 14.9. The maximum Gasteiger partial charge on any atom is 0.270 e. The number of nitrogens with one attached hydrogen (secondary N) is 1.